The zero-order chi connectivity index (χ0) is 13.1. The van der Waals surface area contributed by atoms with Crippen molar-refractivity contribution >= 4 is 17.5 Å². The molecular weight excluding hydrogens is 254 g/mol. The van der Waals surface area contributed by atoms with E-state index in [1.807, 2.05) is 13.8 Å². The molecule has 0 aliphatic carbocycles. The van der Waals surface area contributed by atoms with Gasteiger partial charge in [0.15, 0.2) is 0 Å². The molecule has 1 heterocycles. The lowest BCUT2D eigenvalue weighted by Gasteiger charge is -2.03. The van der Waals surface area contributed by atoms with Crippen molar-refractivity contribution in [2.75, 3.05) is 0 Å². The monoisotopic (exact) mass is 265 g/mol. The Balaban J connectivity index is 2.20. The molecule has 1 aromatic heterocycles. The van der Waals surface area contributed by atoms with Gasteiger partial charge in [-0.05, 0) is 38.1 Å². The molecule has 94 valence electrons. The Bertz CT molecular complexity index is 549. The summed E-state index contributed by atoms with van der Waals surface area (Å²) in [6, 6.07) is 6.95. The summed E-state index contributed by atoms with van der Waals surface area (Å²) in [5.74, 6) is -0.132. The van der Waals surface area contributed by atoms with Gasteiger partial charge in [0.1, 0.15) is 0 Å². The van der Waals surface area contributed by atoms with Crippen LogP contribution >= 0.6 is 11.6 Å². The molecule has 5 nitrogen and oxygen atoms in total. The predicted octanol–water partition coefficient (Wildman–Crippen LogP) is 2.53. The van der Waals surface area contributed by atoms with E-state index < -0.39 is 0 Å². The van der Waals surface area contributed by atoms with Crippen molar-refractivity contribution in [1.82, 2.24) is 15.5 Å². The number of hydrogen-bond acceptors (Lipinski definition) is 4. The highest BCUT2D eigenvalue weighted by atomic mass is 35.5. The smallest absolute Gasteiger partial charge is 0.309 e. The number of aromatic nitrogens is 2. The molecule has 1 amide bonds. The van der Waals surface area contributed by atoms with Crippen LogP contribution in [0.5, 0.6) is 0 Å². The Morgan fingerprint density at radius 3 is 2.56 bits per heavy atom. The highest BCUT2D eigenvalue weighted by Gasteiger charge is 2.16. The molecule has 0 aliphatic rings. The molecule has 18 heavy (non-hydrogen) atoms. The average molecular weight is 266 g/mol. The molecule has 0 spiro atoms. The summed E-state index contributed by atoms with van der Waals surface area (Å²) >= 11 is 5.78. The van der Waals surface area contributed by atoms with Crippen LogP contribution in [0.3, 0.4) is 0 Å². The third-order valence-corrected chi connectivity index (χ3v) is 2.38. The second kappa shape index (κ2) is 5.18. The molecule has 0 atom stereocenters. The first-order valence-electron chi connectivity index (χ1n) is 5.46. The number of nitrogens with one attached hydrogen (secondary N) is 1. The lowest BCUT2D eigenvalue weighted by molar-refractivity contribution is 0.0909. The van der Waals surface area contributed by atoms with Gasteiger partial charge in [0.2, 0.25) is 5.89 Å². The highest BCUT2D eigenvalue weighted by molar-refractivity contribution is 6.30. The van der Waals surface area contributed by atoms with E-state index in [0.29, 0.717) is 10.9 Å². The topological polar surface area (TPSA) is 68.0 Å². The van der Waals surface area contributed by atoms with E-state index in [9.17, 15) is 4.79 Å². The Morgan fingerprint density at radius 1 is 1.28 bits per heavy atom. The van der Waals surface area contributed by atoms with Gasteiger partial charge < -0.3 is 9.73 Å². The maximum absolute atomic E-state index is 11.6. The van der Waals surface area contributed by atoms with Gasteiger partial charge in [-0.2, -0.15) is 0 Å². The second-order valence-electron chi connectivity index (χ2n) is 4.05. The lowest BCUT2D eigenvalue weighted by Crippen LogP contribution is -2.30. The standard InChI is InChI=1S/C12H12ClN3O2/c1-7(2)14-10(17)12-16-15-11(18-12)8-3-5-9(13)6-4-8/h3-7H,1-2H3,(H,14,17). The maximum atomic E-state index is 11.6. The maximum Gasteiger partial charge on any atom is 0.309 e. The SMILES string of the molecule is CC(C)NC(=O)c1nnc(-c2ccc(Cl)cc2)o1. The third kappa shape index (κ3) is 2.87. The Morgan fingerprint density at radius 2 is 1.94 bits per heavy atom. The number of rotatable bonds is 3. The summed E-state index contributed by atoms with van der Waals surface area (Å²) in [5, 5.41) is 10.8. The summed E-state index contributed by atoms with van der Waals surface area (Å²) in [7, 11) is 0. The highest BCUT2D eigenvalue weighted by Crippen LogP contribution is 2.20. The van der Waals surface area contributed by atoms with Gasteiger partial charge in [-0.3, -0.25) is 4.79 Å². The number of nitrogens with zero attached hydrogens (tertiary/aromatic N) is 2. The van der Waals surface area contributed by atoms with E-state index in [1.54, 1.807) is 24.3 Å². The molecule has 0 aliphatic heterocycles. The van der Waals surface area contributed by atoms with Gasteiger partial charge in [0.25, 0.3) is 0 Å². The van der Waals surface area contributed by atoms with E-state index in [-0.39, 0.29) is 17.8 Å². The zero-order valence-electron chi connectivity index (χ0n) is 9.98. The number of carbonyl (C=O) groups excluding carboxylic acids is 1. The third-order valence-electron chi connectivity index (χ3n) is 2.13. The summed E-state index contributed by atoms with van der Waals surface area (Å²) in [6.45, 7) is 3.71. The van der Waals surface area contributed by atoms with E-state index in [4.69, 9.17) is 16.0 Å². The van der Waals surface area contributed by atoms with Crippen LogP contribution < -0.4 is 5.32 Å². The molecule has 0 radical (unpaired) electrons. The minimum Gasteiger partial charge on any atom is -0.412 e. The van der Waals surface area contributed by atoms with Crippen LogP contribution in [0.15, 0.2) is 28.7 Å². The fourth-order valence-corrected chi connectivity index (χ4v) is 1.47. The van der Waals surface area contributed by atoms with Crippen molar-refractivity contribution in [3.8, 4) is 11.5 Å². The minimum absolute atomic E-state index is 0.0170. The second-order valence-corrected chi connectivity index (χ2v) is 4.48. The zero-order valence-corrected chi connectivity index (χ0v) is 10.7. The van der Waals surface area contributed by atoms with E-state index >= 15 is 0 Å². The number of amides is 1. The van der Waals surface area contributed by atoms with Gasteiger partial charge in [-0.15, -0.1) is 10.2 Å². The first-order chi connectivity index (χ1) is 8.56. The molecule has 0 unspecified atom stereocenters. The van der Waals surface area contributed by atoms with Crippen molar-refractivity contribution < 1.29 is 9.21 Å². The van der Waals surface area contributed by atoms with Crippen LogP contribution in [0, 0.1) is 0 Å². The average Bonchev–Trinajstić information content (AvgIpc) is 2.78. The van der Waals surface area contributed by atoms with E-state index in [1.165, 1.54) is 0 Å². The summed E-state index contributed by atoms with van der Waals surface area (Å²) in [4.78, 5) is 11.6. The van der Waals surface area contributed by atoms with Gasteiger partial charge in [-0.25, -0.2) is 0 Å². The Kier molecular flexibility index (Phi) is 3.62. The molecular formula is C12H12ClN3O2. The van der Waals surface area contributed by atoms with Gasteiger partial charge >= 0.3 is 11.8 Å². The van der Waals surface area contributed by atoms with Crippen LogP contribution in [0.25, 0.3) is 11.5 Å². The number of benzene rings is 1. The molecule has 0 bridgehead atoms. The quantitative estimate of drug-likeness (QED) is 0.926. The van der Waals surface area contributed by atoms with Gasteiger partial charge in [0.05, 0.1) is 0 Å². The molecule has 0 saturated carbocycles. The first-order valence-corrected chi connectivity index (χ1v) is 5.84. The van der Waals surface area contributed by atoms with Crippen molar-refractivity contribution in [3.05, 3.63) is 35.2 Å². The van der Waals surface area contributed by atoms with Crippen LogP contribution in [0.4, 0.5) is 0 Å². The molecule has 1 N–H and O–H groups in total. The molecule has 6 heteroatoms. The molecule has 0 saturated heterocycles. The normalized spacial score (nSPS) is 10.7. The molecule has 2 aromatic rings. The molecule has 0 fully saturated rings. The Hall–Kier alpha value is -1.88. The van der Waals surface area contributed by atoms with Crippen LogP contribution in [0.1, 0.15) is 24.5 Å². The van der Waals surface area contributed by atoms with E-state index in [0.717, 1.165) is 5.56 Å². The van der Waals surface area contributed by atoms with Crippen LogP contribution in [-0.4, -0.2) is 22.1 Å². The fourth-order valence-electron chi connectivity index (χ4n) is 1.35. The largest absolute Gasteiger partial charge is 0.412 e. The summed E-state index contributed by atoms with van der Waals surface area (Å²) in [5.41, 5.74) is 0.718. The van der Waals surface area contributed by atoms with Gasteiger partial charge in [0, 0.05) is 16.6 Å². The summed E-state index contributed by atoms with van der Waals surface area (Å²) < 4.78 is 5.29. The fraction of sp³-hybridized carbons (Fsp3) is 0.250. The van der Waals surface area contributed by atoms with Crippen molar-refractivity contribution in [1.29, 1.82) is 0 Å². The van der Waals surface area contributed by atoms with Crippen molar-refractivity contribution in [2.24, 2.45) is 0 Å². The lowest BCUT2D eigenvalue weighted by atomic mass is 10.2. The molecule has 2 rings (SSSR count). The van der Waals surface area contributed by atoms with Crippen molar-refractivity contribution in [2.45, 2.75) is 19.9 Å². The summed E-state index contributed by atoms with van der Waals surface area (Å²) in [6.07, 6.45) is 0. The predicted molar refractivity (Wildman–Crippen MR) is 67.3 cm³/mol. The van der Waals surface area contributed by atoms with E-state index in [2.05, 4.69) is 15.5 Å². The van der Waals surface area contributed by atoms with Gasteiger partial charge in [-0.1, -0.05) is 11.6 Å². The number of hydrogen-bond donors (Lipinski definition) is 1. The van der Waals surface area contributed by atoms with Crippen LogP contribution in [0.2, 0.25) is 5.02 Å². The Labute approximate surface area is 109 Å². The van der Waals surface area contributed by atoms with Crippen LogP contribution in [-0.2, 0) is 0 Å². The number of carbonyl (C=O) groups is 1. The van der Waals surface area contributed by atoms with Crippen molar-refractivity contribution in [3.63, 3.8) is 0 Å². The minimum atomic E-state index is -0.377. The molecule has 1 aromatic carbocycles. The number of halogens is 1. The first kappa shape index (κ1) is 12.6.